The van der Waals surface area contributed by atoms with Gasteiger partial charge in [-0.2, -0.15) is 0 Å². The third kappa shape index (κ3) is 3.42. The van der Waals surface area contributed by atoms with E-state index in [1.807, 2.05) is 0 Å². The van der Waals surface area contributed by atoms with Crippen molar-refractivity contribution in [1.29, 1.82) is 0 Å². The van der Waals surface area contributed by atoms with E-state index >= 15 is 0 Å². The molecule has 1 aliphatic rings. The molecule has 0 aliphatic carbocycles. The summed E-state index contributed by atoms with van der Waals surface area (Å²) >= 11 is 0. The highest BCUT2D eigenvalue weighted by atomic mass is 19.1. The molecule has 2 rings (SSSR count). The molecule has 2 N–H and O–H groups in total. The van der Waals surface area contributed by atoms with Gasteiger partial charge in [0, 0.05) is 31.7 Å². The summed E-state index contributed by atoms with van der Waals surface area (Å²) < 4.78 is 18.0. The minimum Gasteiger partial charge on any atom is -0.450 e. The van der Waals surface area contributed by atoms with E-state index in [-0.39, 0.29) is 17.7 Å². The van der Waals surface area contributed by atoms with Crippen LogP contribution in [0.1, 0.15) is 17.3 Å². The predicted molar refractivity (Wildman–Crippen MR) is 75.3 cm³/mol. The molecule has 2 amide bonds. The number of piperazine rings is 1. The van der Waals surface area contributed by atoms with E-state index in [1.54, 1.807) is 16.7 Å². The minimum atomic E-state index is -0.543. The number of carbonyl (C=O) groups excluding carboxylic acids is 2. The Balaban J connectivity index is 1.97. The smallest absolute Gasteiger partial charge is 0.409 e. The third-order valence-corrected chi connectivity index (χ3v) is 3.34. The number of benzene rings is 1. The normalized spacial score (nSPS) is 15.0. The average Bonchev–Trinajstić information content (AvgIpc) is 2.50. The zero-order valence-corrected chi connectivity index (χ0v) is 11.8. The van der Waals surface area contributed by atoms with Gasteiger partial charge in [0.05, 0.1) is 12.3 Å². The van der Waals surface area contributed by atoms with Crippen molar-refractivity contribution in [3.8, 4) is 0 Å². The van der Waals surface area contributed by atoms with Crippen LogP contribution in [0.25, 0.3) is 0 Å². The van der Waals surface area contributed by atoms with Crippen molar-refractivity contribution in [2.45, 2.75) is 6.92 Å². The molecule has 0 unspecified atom stereocenters. The molecular formula is C14H18FN3O3. The standard InChI is InChI=1S/C14H18FN3O3/c1-2-21-14(20)18-7-5-17(6-8-18)13(19)10-3-4-11(15)12(16)9-10/h3-4,9H,2,5-8,16H2,1H3. The van der Waals surface area contributed by atoms with Crippen LogP contribution < -0.4 is 5.73 Å². The molecule has 0 saturated carbocycles. The highest BCUT2D eigenvalue weighted by molar-refractivity contribution is 5.95. The Kier molecular flexibility index (Phi) is 4.62. The predicted octanol–water partition coefficient (Wildman–Crippen LogP) is 1.32. The second kappa shape index (κ2) is 6.43. The summed E-state index contributed by atoms with van der Waals surface area (Å²) in [5.41, 5.74) is 5.76. The van der Waals surface area contributed by atoms with Crippen LogP contribution in [0.5, 0.6) is 0 Å². The van der Waals surface area contributed by atoms with Crippen molar-refractivity contribution in [3.63, 3.8) is 0 Å². The first kappa shape index (κ1) is 15.1. The SMILES string of the molecule is CCOC(=O)N1CCN(C(=O)c2ccc(F)c(N)c2)CC1. The van der Waals surface area contributed by atoms with E-state index < -0.39 is 5.82 Å². The van der Waals surface area contributed by atoms with Crippen molar-refractivity contribution in [3.05, 3.63) is 29.6 Å². The van der Waals surface area contributed by atoms with Crippen molar-refractivity contribution >= 4 is 17.7 Å². The number of nitrogen functional groups attached to an aromatic ring is 1. The average molecular weight is 295 g/mol. The Bertz CT molecular complexity index is 542. The first-order valence-electron chi connectivity index (χ1n) is 6.79. The number of nitrogens with zero attached hydrogens (tertiary/aromatic N) is 2. The van der Waals surface area contributed by atoms with Gasteiger partial charge >= 0.3 is 6.09 Å². The number of anilines is 1. The van der Waals surface area contributed by atoms with Crippen LogP contribution >= 0.6 is 0 Å². The third-order valence-electron chi connectivity index (χ3n) is 3.34. The van der Waals surface area contributed by atoms with E-state index in [0.29, 0.717) is 38.3 Å². The van der Waals surface area contributed by atoms with Gasteiger partial charge in [0.15, 0.2) is 0 Å². The Hall–Kier alpha value is -2.31. The van der Waals surface area contributed by atoms with Gasteiger partial charge in [0.1, 0.15) is 5.82 Å². The molecule has 0 atom stereocenters. The molecule has 0 aromatic heterocycles. The molecule has 6 nitrogen and oxygen atoms in total. The molecule has 1 aromatic rings. The van der Waals surface area contributed by atoms with Crippen LogP contribution in [0.3, 0.4) is 0 Å². The number of nitrogens with two attached hydrogens (primary N) is 1. The molecule has 1 aliphatic heterocycles. The van der Waals surface area contributed by atoms with Crippen molar-refractivity contribution in [1.82, 2.24) is 9.80 Å². The van der Waals surface area contributed by atoms with Crippen LogP contribution in [0.2, 0.25) is 0 Å². The Morgan fingerprint density at radius 3 is 2.43 bits per heavy atom. The van der Waals surface area contributed by atoms with Crippen molar-refractivity contribution < 1.29 is 18.7 Å². The number of hydrogen-bond donors (Lipinski definition) is 1. The lowest BCUT2D eigenvalue weighted by Gasteiger charge is -2.34. The zero-order chi connectivity index (χ0) is 15.4. The van der Waals surface area contributed by atoms with Gasteiger partial charge in [-0.1, -0.05) is 0 Å². The van der Waals surface area contributed by atoms with Crippen LogP contribution in [-0.4, -0.2) is 54.6 Å². The van der Waals surface area contributed by atoms with E-state index in [9.17, 15) is 14.0 Å². The molecule has 0 radical (unpaired) electrons. The molecule has 0 spiro atoms. The Morgan fingerprint density at radius 2 is 1.86 bits per heavy atom. The summed E-state index contributed by atoms with van der Waals surface area (Å²) in [5, 5.41) is 0. The quantitative estimate of drug-likeness (QED) is 0.835. The van der Waals surface area contributed by atoms with E-state index in [2.05, 4.69) is 0 Å². The Morgan fingerprint density at radius 1 is 1.24 bits per heavy atom. The lowest BCUT2D eigenvalue weighted by Crippen LogP contribution is -2.50. The molecule has 1 saturated heterocycles. The Labute approximate surface area is 122 Å². The molecule has 1 fully saturated rings. The fraction of sp³-hybridized carbons (Fsp3) is 0.429. The maximum Gasteiger partial charge on any atom is 0.409 e. The summed E-state index contributed by atoms with van der Waals surface area (Å²) in [4.78, 5) is 27.0. The minimum absolute atomic E-state index is 0.0500. The monoisotopic (exact) mass is 295 g/mol. The van der Waals surface area contributed by atoms with Gasteiger partial charge in [-0.15, -0.1) is 0 Å². The lowest BCUT2D eigenvalue weighted by atomic mass is 10.1. The maximum atomic E-state index is 13.1. The number of rotatable bonds is 2. The topological polar surface area (TPSA) is 75.9 Å². The van der Waals surface area contributed by atoms with Crippen molar-refractivity contribution in [2.75, 3.05) is 38.5 Å². The maximum absolute atomic E-state index is 13.1. The van der Waals surface area contributed by atoms with Gasteiger partial charge < -0.3 is 20.3 Å². The first-order chi connectivity index (χ1) is 10.0. The number of halogens is 1. The number of hydrogen-bond acceptors (Lipinski definition) is 4. The lowest BCUT2D eigenvalue weighted by molar-refractivity contribution is 0.0570. The molecular weight excluding hydrogens is 277 g/mol. The van der Waals surface area contributed by atoms with Crippen LogP contribution in [0.15, 0.2) is 18.2 Å². The number of ether oxygens (including phenoxy) is 1. The second-order valence-corrected chi connectivity index (χ2v) is 4.71. The highest BCUT2D eigenvalue weighted by Crippen LogP contribution is 2.15. The molecule has 1 aromatic carbocycles. The van der Waals surface area contributed by atoms with Gasteiger partial charge in [-0.3, -0.25) is 4.79 Å². The number of amides is 2. The highest BCUT2D eigenvalue weighted by Gasteiger charge is 2.25. The summed E-state index contributed by atoms with van der Waals surface area (Å²) in [7, 11) is 0. The summed E-state index contributed by atoms with van der Waals surface area (Å²) in [6, 6.07) is 3.92. The summed E-state index contributed by atoms with van der Waals surface area (Å²) in [6.45, 7) is 3.73. The zero-order valence-electron chi connectivity index (χ0n) is 11.8. The fourth-order valence-corrected chi connectivity index (χ4v) is 2.17. The molecule has 114 valence electrons. The van der Waals surface area contributed by atoms with Gasteiger partial charge in [-0.05, 0) is 25.1 Å². The van der Waals surface area contributed by atoms with E-state index in [4.69, 9.17) is 10.5 Å². The molecule has 21 heavy (non-hydrogen) atoms. The van der Waals surface area contributed by atoms with Gasteiger partial charge in [0.25, 0.3) is 5.91 Å². The molecule has 7 heteroatoms. The fourth-order valence-electron chi connectivity index (χ4n) is 2.17. The van der Waals surface area contributed by atoms with Gasteiger partial charge in [0.2, 0.25) is 0 Å². The van der Waals surface area contributed by atoms with E-state index in [1.165, 1.54) is 18.2 Å². The summed E-state index contributed by atoms with van der Waals surface area (Å²) in [6.07, 6.45) is -0.365. The first-order valence-corrected chi connectivity index (χ1v) is 6.79. The molecule has 1 heterocycles. The molecule has 0 bridgehead atoms. The number of carbonyl (C=O) groups is 2. The van der Waals surface area contributed by atoms with Crippen LogP contribution in [-0.2, 0) is 4.74 Å². The van der Waals surface area contributed by atoms with Crippen LogP contribution in [0, 0.1) is 5.82 Å². The van der Waals surface area contributed by atoms with Crippen LogP contribution in [0.4, 0.5) is 14.9 Å². The van der Waals surface area contributed by atoms with E-state index in [0.717, 1.165) is 0 Å². The van der Waals surface area contributed by atoms with Crippen molar-refractivity contribution in [2.24, 2.45) is 0 Å². The van der Waals surface area contributed by atoms with Gasteiger partial charge in [-0.25, -0.2) is 9.18 Å². The summed E-state index contributed by atoms with van der Waals surface area (Å²) in [5.74, 6) is -0.760. The second-order valence-electron chi connectivity index (χ2n) is 4.71. The largest absolute Gasteiger partial charge is 0.450 e.